The number of nitrogens with one attached hydrogen (secondary N) is 1. The molecule has 2 N–H and O–H groups in total. The van der Waals surface area contributed by atoms with E-state index in [2.05, 4.69) is 5.32 Å². The number of alkyl halides is 2. The van der Waals surface area contributed by atoms with Crippen molar-refractivity contribution < 1.29 is 28.2 Å². The molecule has 1 fully saturated rings. The van der Waals surface area contributed by atoms with Crippen LogP contribution in [0.2, 0.25) is 0 Å². The van der Waals surface area contributed by atoms with Crippen molar-refractivity contribution in [2.75, 3.05) is 6.61 Å². The van der Waals surface area contributed by atoms with Crippen molar-refractivity contribution in [3.63, 3.8) is 0 Å². The highest BCUT2D eigenvalue weighted by atomic mass is 19.3. The molecule has 2 aromatic rings. The molecule has 4 rings (SSSR count). The van der Waals surface area contributed by atoms with Gasteiger partial charge in [-0.15, -0.1) is 0 Å². The molecule has 5 nitrogen and oxygen atoms in total. The molecule has 1 atom stereocenters. The maximum Gasteiger partial charge on any atom is 0.407 e. The molecule has 0 radical (unpaired) electrons. The normalized spacial score (nSPS) is 18.5. The SMILES string of the molecule is O=C(NC(C(=O)O)C1CC(F)(F)C1)OCC1c2ccccc2-c2ccccc21. The Morgan fingerprint density at radius 2 is 1.61 bits per heavy atom. The number of amides is 1. The lowest BCUT2D eigenvalue weighted by atomic mass is 9.76. The van der Waals surface area contributed by atoms with Gasteiger partial charge in [-0.3, -0.25) is 0 Å². The van der Waals surface area contributed by atoms with Gasteiger partial charge in [0.25, 0.3) is 0 Å². The molecule has 1 unspecified atom stereocenters. The zero-order valence-corrected chi connectivity index (χ0v) is 14.9. The van der Waals surface area contributed by atoms with E-state index in [1.807, 2.05) is 48.5 Å². The fourth-order valence-corrected chi connectivity index (χ4v) is 4.09. The van der Waals surface area contributed by atoms with Gasteiger partial charge in [0, 0.05) is 24.7 Å². The molecule has 2 aromatic carbocycles. The largest absolute Gasteiger partial charge is 0.480 e. The van der Waals surface area contributed by atoms with Crippen molar-refractivity contribution in [1.29, 1.82) is 0 Å². The fraction of sp³-hybridized carbons (Fsp3) is 0.333. The van der Waals surface area contributed by atoms with Crippen LogP contribution in [0.15, 0.2) is 48.5 Å². The minimum Gasteiger partial charge on any atom is -0.480 e. The summed E-state index contributed by atoms with van der Waals surface area (Å²) in [5.74, 6) is -5.15. The second-order valence-corrected chi connectivity index (χ2v) is 7.31. The lowest BCUT2D eigenvalue weighted by Gasteiger charge is -2.38. The predicted molar refractivity (Wildman–Crippen MR) is 97.3 cm³/mol. The molecule has 1 amide bonds. The fourth-order valence-electron chi connectivity index (χ4n) is 4.09. The summed E-state index contributed by atoms with van der Waals surface area (Å²) >= 11 is 0. The lowest BCUT2D eigenvalue weighted by Crippen LogP contribution is -2.53. The van der Waals surface area contributed by atoms with Crippen LogP contribution < -0.4 is 5.32 Å². The number of aliphatic carboxylic acids is 1. The van der Waals surface area contributed by atoms with E-state index >= 15 is 0 Å². The second-order valence-electron chi connectivity index (χ2n) is 7.31. The van der Waals surface area contributed by atoms with Crippen molar-refractivity contribution in [3.05, 3.63) is 59.7 Å². The Labute approximate surface area is 160 Å². The number of carboxylic acids is 1. The molecule has 0 aliphatic heterocycles. The van der Waals surface area contributed by atoms with Crippen LogP contribution in [0.4, 0.5) is 13.6 Å². The van der Waals surface area contributed by atoms with Crippen molar-refractivity contribution in [2.24, 2.45) is 5.92 Å². The first-order chi connectivity index (χ1) is 13.4. The summed E-state index contributed by atoms with van der Waals surface area (Å²) in [6, 6.07) is 14.3. The van der Waals surface area contributed by atoms with Crippen molar-refractivity contribution in [3.8, 4) is 11.1 Å². The van der Waals surface area contributed by atoms with E-state index in [0.29, 0.717) is 0 Å². The number of hydrogen-bond donors (Lipinski definition) is 2. The zero-order chi connectivity index (χ0) is 19.9. The van der Waals surface area contributed by atoms with Gasteiger partial charge < -0.3 is 15.2 Å². The first kappa shape index (κ1) is 18.4. The van der Waals surface area contributed by atoms with Crippen LogP contribution in [-0.4, -0.2) is 35.7 Å². The summed E-state index contributed by atoms with van der Waals surface area (Å²) in [6.45, 7) is 0.0347. The van der Waals surface area contributed by atoms with Crippen LogP contribution in [0, 0.1) is 5.92 Å². The third-order valence-corrected chi connectivity index (χ3v) is 5.48. The first-order valence-electron chi connectivity index (χ1n) is 9.08. The average molecular weight is 387 g/mol. The molecule has 0 heterocycles. The summed E-state index contributed by atoms with van der Waals surface area (Å²) in [6.07, 6.45) is -2.01. The smallest absolute Gasteiger partial charge is 0.407 e. The maximum atomic E-state index is 13.0. The Bertz CT molecular complexity index is 877. The minimum atomic E-state index is -2.86. The van der Waals surface area contributed by atoms with Gasteiger partial charge in [-0.1, -0.05) is 48.5 Å². The van der Waals surface area contributed by atoms with E-state index in [1.165, 1.54) is 0 Å². The molecule has 2 aliphatic carbocycles. The van der Waals surface area contributed by atoms with Crippen LogP contribution in [-0.2, 0) is 9.53 Å². The van der Waals surface area contributed by atoms with Crippen molar-refractivity contribution in [1.82, 2.24) is 5.32 Å². The van der Waals surface area contributed by atoms with Crippen LogP contribution in [0.3, 0.4) is 0 Å². The van der Waals surface area contributed by atoms with Crippen LogP contribution in [0.25, 0.3) is 11.1 Å². The maximum absolute atomic E-state index is 13.0. The highest BCUT2D eigenvalue weighted by Gasteiger charge is 2.51. The summed E-state index contributed by atoms with van der Waals surface area (Å²) < 4.78 is 31.4. The Balaban J connectivity index is 1.43. The van der Waals surface area contributed by atoms with Crippen LogP contribution in [0.5, 0.6) is 0 Å². The molecule has 0 aromatic heterocycles. The van der Waals surface area contributed by atoms with E-state index in [0.717, 1.165) is 22.3 Å². The van der Waals surface area contributed by atoms with Crippen LogP contribution in [0.1, 0.15) is 29.9 Å². The van der Waals surface area contributed by atoms with Gasteiger partial charge in [-0.2, -0.15) is 0 Å². The van der Waals surface area contributed by atoms with Crippen molar-refractivity contribution in [2.45, 2.75) is 30.7 Å². The number of benzene rings is 2. The summed E-state index contributed by atoms with van der Waals surface area (Å²) in [5.41, 5.74) is 4.22. The number of halogens is 2. The molecule has 28 heavy (non-hydrogen) atoms. The number of fused-ring (bicyclic) bond motifs is 3. The number of hydrogen-bond acceptors (Lipinski definition) is 3. The summed E-state index contributed by atoms with van der Waals surface area (Å²) in [5, 5.41) is 11.5. The highest BCUT2D eigenvalue weighted by molar-refractivity contribution is 5.81. The van der Waals surface area contributed by atoms with Gasteiger partial charge in [0.1, 0.15) is 12.6 Å². The number of carbonyl (C=O) groups excluding carboxylic acids is 1. The molecule has 7 heteroatoms. The Morgan fingerprint density at radius 1 is 1.07 bits per heavy atom. The van der Waals surface area contributed by atoms with Gasteiger partial charge in [0.15, 0.2) is 0 Å². The zero-order valence-electron chi connectivity index (χ0n) is 14.9. The number of carbonyl (C=O) groups is 2. The number of ether oxygens (including phenoxy) is 1. The summed E-state index contributed by atoms with van der Waals surface area (Å²) in [7, 11) is 0. The number of alkyl carbamates (subject to hydrolysis) is 1. The number of rotatable bonds is 5. The minimum absolute atomic E-state index is 0.0347. The molecule has 0 saturated heterocycles. The van der Waals surface area contributed by atoms with E-state index in [1.54, 1.807) is 0 Å². The summed E-state index contributed by atoms with van der Waals surface area (Å²) in [4.78, 5) is 23.5. The van der Waals surface area contributed by atoms with Gasteiger partial charge in [0.05, 0.1) is 0 Å². The molecular weight excluding hydrogens is 368 g/mol. The first-order valence-corrected chi connectivity index (χ1v) is 9.08. The van der Waals surface area contributed by atoms with E-state index in [9.17, 15) is 23.5 Å². The van der Waals surface area contributed by atoms with E-state index in [4.69, 9.17) is 4.74 Å². The van der Waals surface area contributed by atoms with Gasteiger partial charge >= 0.3 is 12.1 Å². The van der Waals surface area contributed by atoms with Gasteiger partial charge in [-0.05, 0) is 22.3 Å². The monoisotopic (exact) mass is 387 g/mol. The van der Waals surface area contributed by atoms with Gasteiger partial charge in [0.2, 0.25) is 5.92 Å². The molecule has 2 aliphatic rings. The second kappa shape index (κ2) is 6.89. The Kier molecular flexibility index (Phi) is 4.53. The highest BCUT2D eigenvalue weighted by Crippen LogP contribution is 2.45. The molecular formula is C21H19F2NO4. The molecule has 1 saturated carbocycles. The van der Waals surface area contributed by atoms with Crippen LogP contribution >= 0.6 is 0 Å². The third kappa shape index (κ3) is 3.32. The lowest BCUT2D eigenvalue weighted by molar-refractivity contribution is -0.152. The third-order valence-electron chi connectivity index (χ3n) is 5.48. The molecule has 0 spiro atoms. The quantitative estimate of drug-likeness (QED) is 0.813. The number of carboxylic acid groups (broad SMARTS) is 1. The van der Waals surface area contributed by atoms with Crippen molar-refractivity contribution >= 4 is 12.1 Å². The van der Waals surface area contributed by atoms with Gasteiger partial charge in [-0.25, -0.2) is 18.4 Å². The van der Waals surface area contributed by atoms with E-state index < -0.39 is 42.8 Å². The standard InChI is InChI=1S/C21H19F2NO4/c22-21(23)9-12(10-21)18(19(25)26)24-20(27)28-11-17-15-7-3-1-5-13(15)14-6-2-4-8-16(14)17/h1-8,12,17-18H,9-11H2,(H,24,27)(H,25,26). The average Bonchev–Trinajstić information content (AvgIpc) is 2.96. The predicted octanol–water partition coefficient (Wildman–Crippen LogP) is 4.02. The Hall–Kier alpha value is -2.96. The molecule has 0 bridgehead atoms. The van der Waals surface area contributed by atoms with E-state index in [-0.39, 0.29) is 12.5 Å². The molecule has 146 valence electrons. The topological polar surface area (TPSA) is 75.6 Å². The Morgan fingerprint density at radius 3 is 2.11 bits per heavy atom.